The van der Waals surface area contributed by atoms with E-state index in [1.165, 1.54) is 5.56 Å². The van der Waals surface area contributed by atoms with Crippen molar-refractivity contribution >= 4 is 23.1 Å². The lowest BCUT2D eigenvalue weighted by Crippen LogP contribution is -2.18. The van der Waals surface area contributed by atoms with Crippen LogP contribution in [0, 0.1) is 0 Å². The largest absolute Gasteiger partial charge is 0.323 e. The maximum Gasteiger partial charge on any atom is 0.249 e. The SMILES string of the molecule is c1ccc(CN(c2ccccc2)c2cnnc(Nc3ccccc3)n2)cc1. The Balaban J connectivity index is 1.66. The Morgan fingerprint density at radius 1 is 0.741 bits per heavy atom. The Morgan fingerprint density at radius 3 is 2.07 bits per heavy atom. The normalized spacial score (nSPS) is 10.4. The van der Waals surface area contributed by atoms with Crippen molar-refractivity contribution in [1.82, 2.24) is 15.2 Å². The van der Waals surface area contributed by atoms with E-state index in [2.05, 4.69) is 49.7 Å². The first-order valence-corrected chi connectivity index (χ1v) is 8.77. The van der Waals surface area contributed by atoms with Crippen LogP contribution in [0.1, 0.15) is 5.56 Å². The molecule has 1 aromatic heterocycles. The minimum atomic E-state index is 0.465. The second-order valence-corrected chi connectivity index (χ2v) is 6.04. The standard InChI is InChI=1S/C22H19N5/c1-4-10-18(11-5-1)17-27(20-14-8-3-9-15-20)21-16-23-26-22(25-21)24-19-12-6-2-7-13-19/h1-16H,17H2,(H,24,25,26). The van der Waals surface area contributed by atoms with Gasteiger partial charge in [0.05, 0.1) is 6.20 Å². The summed E-state index contributed by atoms with van der Waals surface area (Å²) >= 11 is 0. The summed E-state index contributed by atoms with van der Waals surface area (Å²) in [6, 6.07) is 30.3. The zero-order valence-corrected chi connectivity index (χ0v) is 14.7. The molecular weight excluding hydrogens is 334 g/mol. The van der Waals surface area contributed by atoms with Crippen molar-refractivity contribution in [1.29, 1.82) is 0 Å². The van der Waals surface area contributed by atoms with Gasteiger partial charge in [-0.15, -0.1) is 5.10 Å². The molecule has 3 aromatic carbocycles. The fourth-order valence-corrected chi connectivity index (χ4v) is 2.81. The Kier molecular flexibility index (Phi) is 5.02. The Bertz CT molecular complexity index is 975. The molecule has 0 radical (unpaired) electrons. The molecule has 1 heterocycles. The molecule has 0 fully saturated rings. The summed E-state index contributed by atoms with van der Waals surface area (Å²) in [5.41, 5.74) is 3.16. The lowest BCUT2D eigenvalue weighted by molar-refractivity contribution is 0.900. The van der Waals surface area contributed by atoms with E-state index in [9.17, 15) is 0 Å². The van der Waals surface area contributed by atoms with Crippen LogP contribution in [0.4, 0.5) is 23.1 Å². The van der Waals surface area contributed by atoms with Gasteiger partial charge < -0.3 is 10.2 Å². The Morgan fingerprint density at radius 2 is 1.37 bits per heavy atom. The molecule has 0 spiro atoms. The van der Waals surface area contributed by atoms with Crippen LogP contribution in [0.25, 0.3) is 0 Å². The highest BCUT2D eigenvalue weighted by Crippen LogP contribution is 2.26. The van der Waals surface area contributed by atoms with E-state index in [0.29, 0.717) is 12.5 Å². The van der Waals surface area contributed by atoms with Gasteiger partial charge in [0.25, 0.3) is 0 Å². The quantitative estimate of drug-likeness (QED) is 0.531. The van der Waals surface area contributed by atoms with Crippen LogP contribution in [-0.2, 0) is 6.54 Å². The number of rotatable bonds is 6. The number of para-hydroxylation sites is 2. The number of hydrogen-bond acceptors (Lipinski definition) is 5. The number of nitrogens with one attached hydrogen (secondary N) is 1. The van der Waals surface area contributed by atoms with Crippen LogP contribution in [0.5, 0.6) is 0 Å². The van der Waals surface area contributed by atoms with Gasteiger partial charge >= 0.3 is 0 Å². The zero-order valence-electron chi connectivity index (χ0n) is 14.7. The first-order chi connectivity index (χ1) is 13.4. The molecular formula is C22H19N5. The molecule has 27 heavy (non-hydrogen) atoms. The summed E-state index contributed by atoms with van der Waals surface area (Å²) < 4.78 is 0. The third kappa shape index (κ3) is 4.27. The number of aromatic nitrogens is 3. The molecule has 4 rings (SSSR count). The molecule has 0 aliphatic heterocycles. The van der Waals surface area contributed by atoms with Gasteiger partial charge in [0.2, 0.25) is 5.95 Å². The van der Waals surface area contributed by atoms with Crippen molar-refractivity contribution in [2.24, 2.45) is 0 Å². The second-order valence-electron chi connectivity index (χ2n) is 6.04. The van der Waals surface area contributed by atoms with Crippen molar-refractivity contribution in [2.75, 3.05) is 10.2 Å². The van der Waals surface area contributed by atoms with E-state index in [-0.39, 0.29) is 0 Å². The summed E-state index contributed by atoms with van der Waals surface area (Å²) in [6.45, 7) is 0.689. The first kappa shape index (κ1) is 16.7. The monoisotopic (exact) mass is 353 g/mol. The predicted molar refractivity (Wildman–Crippen MR) is 108 cm³/mol. The van der Waals surface area contributed by atoms with Crippen molar-refractivity contribution in [3.8, 4) is 0 Å². The highest BCUT2D eigenvalue weighted by Gasteiger charge is 2.13. The topological polar surface area (TPSA) is 53.9 Å². The molecule has 5 nitrogen and oxygen atoms in total. The summed E-state index contributed by atoms with van der Waals surface area (Å²) in [5.74, 6) is 1.20. The van der Waals surface area contributed by atoms with Gasteiger partial charge in [-0.1, -0.05) is 66.7 Å². The van der Waals surface area contributed by atoms with Gasteiger partial charge in [-0.3, -0.25) is 0 Å². The number of hydrogen-bond donors (Lipinski definition) is 1. The third-order valence-electron chi connectivity index (χ3n) is 4.10. The Labute approximate surface area is 158 Å². The fraction of sp³-hybridized carbons (Fsp3) is 0.0455. The van der Waals surface area contributed by atoms with E-state index in [0.717, 1.165) is 17.2 Å². The van der Waals surface area contributed by atoms with Gasteiger partial charge in [0.1, 0.15) is 0 Å². The van der Waals surface area contributed by atoms with E-state index >= 15 is 0 Å². The average Bonchev–Trinajstić information content (AvgIpc) is 2.74. The van der Waals surface area contributed by atoms with Gasteiger partial charge in [-0.05, 0) is 29.8 Å². The van der Waals surface area contributed by atoms with E-state index < -0.39 is 0 Å². The van der Waals surface area contributed by atoms with E-state index in [1.807, 2.05) is 66.7 Å². The lowest BCUT2D eigenvalue weighted by atomic mass is 10.2. The van der Waals surface area contributed by atoms with Crippen molar-refractivity contribution in [3.05, 3.63) is 103 Å². The minimum absolute atomic E-state index is 0.465. The predicted octanol–water partition coefficient (Wildman–Crippen LogP) is 4.95. The zero-order chi connectivity index (χ0) is 18.3. The molecule has 0 atom stereocenters. The summed E-state index contributed by atoms with van der Waals surface area (Å²) in [7, 11) is 0. The number of benzene rings is 3. The fourth-order valence-electron chi connectivity index (χ4n) is 2.81. The molecule has 0 saturated carbocycles. The molecule has 0 bridgehead atoms. The molecule has 0 unspecified atom stereocenters. The van der Waals surface area contributed by atoms with Gasteiger partial charge in [-0.25, -0.2) is 0 Å². The number of nitrogens with zero attached hydrogens (tertiary/aromatic N) is 4. The van der Waals surface area contributed by atoms with Gasteiger partial charge in [0.15, 0.2) is 5.82 Å². The van der Waals surface area contributed by atoms with Crippen LogP contribution in [0.15, 0.2) is 97.2 Å². The molecule has 1 N–H and O–H groups in total. The Hall–Kier alpha value is -3.73. The van der Waals surface area contributed by atoms with Crippen molar-refractivity contribution in [3.63, 3.8) is 0 Å². The van der Waals surface area contributed by atoms with Gasteiger partial charge in [-0.2, -0.15) is 10.1 Å². The molecule has 5 heteroatoms. The smallest absolute Gasteiger partial charge is 0.249 e. The highest BCUT2D eigenvalue weighted by molar-refractivity contribution is 5.61. The average molecular weight is 353 g/mol. The van der Waals surface area contributed by atoms with Gasteiger partial charge in [0, 0.05) is 17.9 Å². The summed E-state index contributed by atoms with van der Waals surface area (Å²) in [6.07, 6.45) is 1.69. The molecule has 0 amide bonds. The molecule has 0 saturated heterocycles. The molecule has 4 aromatic rings. The number of anilines is 4. The first-order valence-electron chi connectivity index (χ1n) is 8.77. The minimum Gasteiger partial charge on any atom is -0.323 e. The third-order valence-corrected chi connectivity index (χ3v) is 4.10. The van der Waals surface area contributed by atoms with Crippen LogP contribution in [-0.4, -0.2) is 15.2 Å². The van der Waals surface area contributed by atoms with Crippen molar-refractivity contribution in [2.45, 2.75) is 6.54 Å². The van der Waals surface area contributed by atoms with Crippen LogP contribution in [0.2, 0.25) is 0 Å². The molecule has 0 aliphatic carbocycles. The highest BCUT2D eigenvalue weighted by atomic mass is 15.3. The van der Waals surface area contributed by atoms with E-state index in [4.69, 9.17) is 0 Å². The second kappa shape index (κ2) is 8.10. The maximum atomic E-state index is 4.68. The summed E-state index contributed by atoms with van der Waals surface area (Å²) in [4.78, 5) is 6.81. The molecule has 0 aliphatic rings. The van der Waals surface area contributed by atoms with Crippen LogP contribution < -0.4 is 10.2 Å². The summed E-state index contributed by atoms with van der Waals surface area (Å²) in [5, 5.41) is 11.5. The van der Waals surface area contributed by atoms with Crippen molar-refractivity contribution < 1.29 is 0 Å². The lowest BCUT2D eigenvalue weighted by Gasteiger charge is -2.24. The van der Waals surface area contributed by atoms with Crippen LogP contribution in [0.3, 0.4) is 0 Å². The molecule has 132 valence electrons. The van der Waals surface area contributed by atoms with Crippen LogP contribution >= 0.6 is 0 Å². The maximum absolute atomic E-state index is 4.68. The van der Waals surface area contributed by atoms with E-state index in [1.54, 1.807) is 6.20 Å².